The van der Waals surface area contributed by atoms with Gasteiger partial charge in [-0.1, -0.05) is 50.8 Å². The third-order valence-electron chi connectivity index (χ3n) is 3.65. The molecule has 0 aliphatic heterocycles. The van der Waals surface area contributed by atoms with Crippen LogP contribution in [0.4, 0.5) is 0 Å². The van der Waals surface area contributed by atoms with Gasteiger partial charge in [0.1, 0.15) is 0 Å². The van der Waals surface area contributed by atoms with Crippen molar-refractivity contribution >= 4 is 5.97 Å². The van der Waals surface area contributed by atoms with Crippen LogP contribution >= 0.6 is 0 Å². The number of hydrogen-bond donors (Lipinski definition) is 1. The Morgan fingerprint density at radius 2 is 1.86 bits per heavy atom. The van der Waals surface area contributed by atoms with Gasteiger partial charge in [0, 0.05) is 17.5 Å². The van der Waals surface area contributed by atoms with Crippen LogP contribution in [0.5, 0.6) is 0 Å². The van der Waals surface area contributed by atoms with Gasteiger partial charge in [-0.05, 0) is 25.0 Å². The van der Waals surface area contributed by atoms with Crippen molar-refractivity contribution in [1.29, 1.82) is 0 Å². The molecule has 2 rings (SSSR count). The lowest BCUT2D eigenvalue weighted by Crippen LogP contribution is -2.02. The molecule has 0 aliphatic rings. The lowest BCUT2D eigenvalue weighted by molar-refractivity contribution is 0.0697. The van der Waals surface area contributed by atoms with Crippen LogP contribution in [0.1, 0.15) is 55.1 Å². The zero-order valence-corrected chi connectivity index (χ0v) is 13.0. The maximum Gasteiger partial charge on any atom is 0.336 e. The standard InChI is InChI=1S/C18H22N2O2/c1-2-3-4-5-6-9-14-12-13-19-17(20-14)15-10-7-8-11-16(15)18(21)22/h7-8,10-13H,2-6,9H2,1H3,(H,21,22). The molecule has 4 nitrogen and oxygen atoms in total. The van der Waals surface area contributed by atoms with E-state index >= 15 is 0 Å². The Morgan fingerprint density at radius 3 is 2.64 bits per heavy atom. The van der Waals surface area contributed by atoms with Gasteiger partial charge in [-0.2, -0.15) is 0 Å². The van der Waals surface area contributed by atoms with Crippen molar-refractivity contribution in [2.45, 2.75) is 45.4 Å². The third-order valence-corrected chi connectivity index (χ3v) is 3.65. The van der Waals surface area contributed by atoms with E-state index in [0.29, 0.717) is 11.4 Å². The Balaban J connectivity index is 2.10. The van der Waals surface area contributed by atoms with E-state index in [4.69, 9.17) is 0 Å². The lowest BCUT2D eigenvalue weighted by atomic mass is 10.1. The first-order valence-corrected chi connectivity index (χ1v) is 7.87. The van der Waals surface area contributed by atoms with Crippen LogP contribution in [0.2, 0.25) is 0 Å². The normalized spacial score (nSPS) is 10.6. The number of aromatic carboxylic acids is 1. The predicted molar refractivity (Wildman–Crippen MR) is 86.9 cm³/mol. The predicted octanol–water partition coefficient (Wildman–Crippen LogP) is 4.35. The molecule has 1 heterocycles. The number of hydrogen-bond acceptors (Lipinski definition) is 3. The van der Waals surface area contributed by atoms with Gasteiger partial charge in [-0.25, -0.2) is 14.8 Å². The van der Waals surface area contributed by atoms with Crippen molar-refractivity contribution in [3.63, 3.8) is 0 Å². The molecule has 0 bridgehead atoms. The highest BCUT2D eigenvalue weighted by Gasteiger charge is 2.13. The van der Waals surface area contributed by atoms with E-state index < -0.39 is 5.97 Å². The van der Waals surface area contributed by atoms with Gasteiger partial charge in [0.15, 0.2) is 5.82 Å². The van der Waals surface area contributed by atoms with Crippen molar-refractivity contribution in [3.8, 4) is 11.4 Å². The minimum Gasteiger partial charge on any atom is -0.478 e. The van der Waals surface area contributed by atoms with Crippen LogP contribution in [-0.4, -0.2) is 21.0 Å². The average Bonchev–Trinajstić information content (AvgIpc) is 2.55. The van der Waals surface area contributed by atoms with Crippen LogP contribution in [-0.2, 0) is 6.42 Å². The summed E-state index contributed by atoms with van der Waals surface area (Å²) in [7, 11) is 0. The first-order chi connectivity index (χ1) is 10.7. The molecule has 0 atom stereocenters. The number of unbranched alkanes of at least 4 members (excludes halogenated alkanes) is 4. The van der Waals surface area contributed by atoms with Crippen LogP contribution < -0.4 is 0 Å². The van der Waals surface area contributed by atoms with Gasteiger partial charge >= 0.3 is 5.97 Å². The molecular weight excluding hydrogens is 276 g/mol. The van der Waals surface area contributed by atoms with E-state index in [1.54, 1.807) is 24.4 Å². The van der Waals surface area contributed by atoms with Crippen molar-refractivity contribution < 1.29 is 9.90 Å². The van der Waals surface area contributed by atoms with E-state index in [9.17, 15) is 9.90 Å². The molecule has 0 fully saturated rings. The highest BCUT2D eigenvalue weighted by atomic mass is 16.4. The van der Waals surface area contributed by atoms with Crippen LogP contribution in [0.25, 0.3) is 11.4 Å². The van der Waals surface area contributed by atoms with Crippen molar-refractivity contribution in [1.82, 2.24) is 9.97 Å². The number of nitrogens with zero attached hydrogens (tertiary/aromatic N) is 2. The number of carboxylic acids is 1. The highest BCUT2D eigenvalue weighted by Crippen LogP contribution is 2.20. The second kappa shape index (κ2) is 8.27. The number of rotatable bonds is 8. The zero-order chi connectivity index (χ0) is 15.8. The van der Waals surface area contributed by atoms with Crippen molar-refractivity contribution in [2.24, 2.45) is 0 Å². The first-order valence-electron chi connectivity index (χ1n) is 7.87. The molecule has 4 heteroatoms. The molecule has 1 aromatic heterocycles. The summed E-state index contributed by atoms with van der Waals surface area (Å²) < 4.78 is 0. The van der Waals surface area contributed by atoms with Gasteiger partial charge in [0.2, 0.25) is 0 Å². The van der Waals surface area contributed by atoms with E-state index in [2.05, 4.69) is 16.9 Å². The summed E-state index contributed by atoms with van der Waals surface area (Å²) in [6.07, 6.45) is 8.72. The van der Waals surface area contributed by atoms with Crippen molar-refractivity contribution in [3.05, 3.63) is 47.8 Å². The SMILES string of the molecule is CCCCCCCc1ccnc(-c2ccccc2C(=O)O)n1. The lowest BCUT2D eigenvalue weighted by Gasteiger charge is -2.06. The Hall–Kier alpha value is -2.23. The van der Waals surface area contributed by atoms with Crippen LogP contribution in [0, 0.1) is 0 Å². The van der Waals surface area contributed by atoms with E-state index in [1.165, 1.54) is 25.7 Å². The van der Waals surface area contributed by atoms with Gasteiger partial charge in [0.05, 0.1) is 5.56 Å². The number of benzene rings is 1. The number of aromatic nitrogens is 2. The zero-order valence-electron chi connectivity index (χ0n) is 13.0. The molecule has 116 valence electrons. The largest absolute Gasteiger partial charge is 0.478 e. The number of carboxylic acid groups (broad SMARTS) is 1. The van der Waals surface area contributed by atoms with Gasteiger partial charge in [-0.15, -0.1) is 0 Å². The maximum atomic E-state index is 11.3. The average molecular weight is 298 g/mol. The second-order valence-corrected chi connectivity index (χ2v) is 5.39. The summed E-state index contributed by atoms with van der Waals surface area (Å²) in [6, 6.07) is 8.77. The Kier molecular flexibility index (Phi) is 6.07. The van der Waals surface area contributed by atoms with E-state index in [-0.39, 0.29) is 5.56 Å². The van der Waals surface area contributed by atoms with Crippen molar-refractivity contribution in [2.75, 3.05) is 0 Å². The van der Waals surface area contributed by atoms with E-state index in [0.717, 1.165) is 18.5 Å². The molecule has 1 N–H and O–H groups in total. The molecule has 0 aliphatic carbocycles. The molecule has 0 radical (unpaired) electrons. The molecule has 0 unspecified atom stereocenters. The summed E-state index contributed by atoms with van der Waals surface area (Å²) in [4.78, 5) is 20.1. The maximum absolute atomic E-state index is 11.3. The topological polar surface area (TPSA) is 63.1 Å². The Morgan fingerprint density at radius 1 is 1.09 bits per heavy atom. The summed E-state index contributed by atoms with van der Waals surface area (Å²) in [5.74, 6) is -0.465. The summed E-state index contributed by atoms with van der Waals surface area (Å²) in [6.45, 7) is 2.20. The molecule has 1 aromatic carbocycles. The fourth-order valence-corrected chi connectivity index (χ4v) is 2.44. The minimum atomic E-state index is -0.954. The van der Waals surface area contributed by atoms with Gasteiger partial charge < -0.3 is 5.11 Å². The molecule has 22 heavy (non-hydrogen) atoms. The fraction of sp³-hybridized carbons (Fsp3) is 0.389. The summed E-state index contributed by atoms with van der Waals surface area (Å²) >= 11 is 0. The second-order valence-electron chi connectivity index (χ2n) is 5.39. The molecular formula is C18H22N2O2. The summed E-state index contributed by atoms with van der Waals surface area (Å²) in [5, 5.41) is 9.26. The molecule has 0 saturated heterocycles. The number of carbonyl (C=O) groups is 1. The third kappa shape index (κ3) is 4.38. The first kappa shape index (κ1) is 16.1. The Bertz CT molecular complexity index is 626. The minimum absolute atomic E-state index is 0.239. The fourth-order valence-electron chi connectivity index (χ4n) is 2.44. The quantitative estimate of drug-likeness (QED) is 0.736. The monoisotopic (exact) mass is 298 g/mol. The molecule has 0 spiro atoms. The molecule has 0 amide bonds. The smallest absolute Gasteiger partial charge is 0.336 e. The van der Waals surface area contributed by atoms with Gasteiger partial charge in [0.25, 0.3) is 0 Å². The summed E-state index contributed by atoms with van der Waals surface area (Å²) in [5.41, 5.74) is 1.78. The van der Waals surface area contributed by atoms with Crippen LogP contribution in [0.15, 0.2) is 36.5 Å². The van der Waals surface area contributed by atoms with Crippen LogP contribution in [0.3, 0.4) is 0 Å². The van der Waals surface area contributed by atoms with E-state index in [1.807, 2.05) is 12.1 Å². The Labute approximate surface area is 131 Å². The van der Waals surface area contributed by atoms with Gasteiger partial charge in [-0.3, -0.25) is 0 Å². The molecule has 0 saturated carbocycles. The highest BCUT2D eigenvalue weighted by molar-refractivity contribution is 5.94. The molecule has 2 aromatic rings. The number of aryl methyl sites for hydroxylation is 1.